The van der Waals surface area contributed by atoms with Crippen molar-refractivity contribution in [3.8, 4) is 11.5 Å². The van der Waals surface area contributed by atoms with Crippen molar-refractivity contribution in [2.24, 2.45) is 11.5 Å². The first-order chi connectivity index (χ1) is 15.1. The number of ether oxygens (including phenoxy) is 2. The molecule has 3 rings (SSSR count). The van der Waals surface area contributed by atoms with Gasteiger partial charge in [-0.15, -0.1) is 24.8 Å². The maximum Gasteiger partial charge on any atom is 0.122 e. The van der Waals surface area contributed by atoms with E-state index in [-0.39, 0.29) is 41.9 Å². The molecule has 0 unspecified atom stereocenters. The lowest BCUT2D eigenvalue weighted by Gasteiger charge is -2.22. The van der Waals surface area contributed by atoms with Crippen LogP contribution in [0.25, 0.3) is 0 Å². The van der Waals surface area contributed by atoms with Gasteiger partial charge in [-0.25, -0.2) is 0 Å². The molecule has 0 amide bonds. The fourth-order valence-electron chi connectivity index (χ4n) is 3.16. The van der Waals surface area contributed by atoms with Crippen LogP contribution in [0.15, 0.2) is 66.7 Å². The van der Waals surface area contributed by atoms with Crippen molar-refractivity contribution < 1.29 is 9.47 Å². The average molecular weight is 503 g/mol. The van der Waals surface area contributed by atoms with Gasteiger partial charge in [0.1, 0.15) is 36.4 Å². The third kappa shape index (κ3) is 7.97. The second-order valence-corrected chi connectivity index (χ2v) is 8.74. The molecule has 0 aliphatic rings. The lowest BCUT2D eigenvalue weighted by molar-refractivity contribution is 0.299. The minimum absolute atomic E-state index is 0. The topological polar surface area (TPSA) is 118 Å². The van der Waals surface area contributed by atoms with E-state index in [2.05, 4.69) is 39.0 Å². The minimum Gasteiger partial charge on any atom is -0.489 e. The zero-order valence-electron chi connectivity index (χ0n) is 19.6. The summed E-state index contributed by atoms with van der Waals surface area (Å²) in [6.07, 6.45) is 0. The van der Waals surface area contributed by atoms with Crippen LogP contribution in [0.5, 0.6) is 11.5 Å². The fraction of sp³-hybridized carbons (Fsp3) is 0.231. The maximum absolute atomic E-state index is 7.49. The highest BCUT2D eigenvalue weighted by molar-refractivity contribution is 5.95. The van der Waals surface area contributed by atoms with Crippen LogP contribution in [0.4, 0.5) is 0 Å². The summed E-state index contributed by atoms with van der Waals surface area (Å²) >= 11 is 0. The predicted octanol–water partition coefficient (Wildman–Crippen LogP) is 5.55. The molecule has 0 saturated carbocycles. The van der Waals surface area contributed by atoms with Gasteiger partial charge in [0, 0.05) is 11.1 Å². The van der Waals surface area contributed by atoms with E-state index in [1.54, 1.807) is 24.3 Å². The molecule has 34 heavy (non-hydrogen) atoms. The molecule has 0 bridgehead atoms. The quantitative estimate of drug-likeness (QED) is 0.238. The normalized spacial score (nSPS) is 10.4. The van der Waals surface area contributed by atoms with Crippen molar-refractivity contribution in [1.29, 1.82) is 10.8 Å². The third-order valence-electron chi connectivity index (χ3n) is 5.06. The first-order valence-corrected chi connectivity index (χ1v) is 10.4. The molecule has 6 N–H and O–H groups in total. The zero-order valence-corrected chi connectivity index (χ0v) is 21.2. The Morgan fingerprint density at radius 1 is 0.676 bits per heavy atom. The summed E-state index contributed by atoms with van der Waals surface area (Å²) in [5.41, 5.74) is 15.7. The number of hydrogen-bond donors (Lipinski definition) is 4. The van der Waals surface area contributed by atoms with Crippen molar-refractivity contribution in [3.05, 3.63) is 94.5 Å². The van der Waals surface area contributed by atoms with Gasteiger partial charge in [0.05, 0.1) is 0 Å². The highest BCUT2D eigenvalue weighted by Crippen LogP contribution is 2.26. The average Bonchev–Trinajstić information content (AvgIpc) is 2.76. The lowest BCUT2D eigenvalue weighted by Crippen LogP contribution is -2.13. The molecule has 0 spiro atoms. The summed E-state index contributed by atoms with van der Waals surface area (Å²) in [4.78, 5) is 0. The number of benzene rings is 3. The second-order valence-electron chi connectivity index (χ2n) is 8.74. The summed E-state index contributed by atoms with van der Waals surface area (Å²) in [6, 6.07) is 20.8. The molecular weight excluding hydrogens is 471 g/mol. The monoisotopic (exact) mass is 502 g/mol. The van der Waals surface area contributed by atoms with Crippen LogP contribution in [-0.2, 0) is 18.6 Å². The van der Waals surface area contributed by atoms with Gasteiger partial charge >= 0.3 is 0 Å². The van der Waals surface area contributed by atoms with E-state index in [0.29, 0.717) is 24.3 Å². The molecule has 6 nitrogen and oxygen atoms in total. The highest BCUT2D eigenvalue weighted by Gasteiger charge is 2.16. The van der Waals surface area contributed by atoms with Gasteiger partial charge in [0.15, 0.2) is 0 Å². The number of rotatable bonds is 8. The van der Waals surface area contributed by atoms with Crippen molar-refractivity contribution in [1.82, 2.24) is 0 Å². The molecule has 0 aromatic heterocycles. The van der Waals surface area contributed by atoms with Crippen LogP contribution in [0.3, 0.4) is 0 Å². The molecule has 0 aliphatic heterocycles. The van der Waals surface area contributed by atoms with Crippen molar-refractivity contribution in [2.75, 3.05) is 0 Å². The Bertz CT molecular complexity index is 1030. The van der Waals surface area contributed by atoms with Gasteiger partial charge in [-0.1, -0.05) is 32.9 Å². The molecule has 0 saturated heterocycles. The number of nitrogens with one attached hydrogen (secondary N) is 2. The zero-order chi connectivity index (χ0) is 23.3. The van der Waals surface area contributed by atoms with Crippen LogP contribution in [0.1, 0.15) is 48.6 Å². The van der Waals surface area contributed by atoms with Gasteiger partial charge < -0.3 is 20.9 Å². The third-order valence-corrected chi connectivity index (χ3v) is 5.06. The fourth-order valence-corrected chi connectivity index (χ4v) is 3.16. The van der Waals surface area contributed by atoms with Crippen LogP contribution in [0, 0.1) is 10.8 Å². The maximum atomic E-state index is 7.49. The first-order valence-electron chi connectivity index (χ1n) is 10.4. The summed E-state index contributed by atoms with van der Waals surface area (Å²) in [7, 11) is 0. The molecule has 0 atom stereocenters. The molecule has 0 radical (unpaired) electrons. The Labute approximate surface area is 213 Å². The van der Waals surface area contributed by atoms with Gasteiger partial charge in [0.25, 0.3) is 0 Å². The number of amidine groups is 2. The summed E-state index contributed by atoms with van der Waals surface area (Å²) in [5, 5.41) is 15.0. The number of nitrogen functional groups attached to an aromatic ring is 2. The molecule has 8 heteroatoms. The number of nitrogens with two attached hydrogens (primary N) is 2. The summed E-state index contributed by atoms with van der Waals surface area (Å²) in [6.45, 7) is 7.38. The molecule has 0 fully saturated rings. The molecular formula is C26H32Cl2N4O2. The Morgan fingerprint density at radius 3 is 1.32 bits per heavy atom. The molecule has 3 aromatic carbocycles. The van der Waals surface area contributed by atoms with Crippen molar-refractivity contribution in [2.45, 2.75) is 39.4 Å². The van der Waals surface area contributed by atoms with Crippen molar-refractivity contribution >= 4 is 36.5 Å². The van der Waals surface area contributed by atoms with Gasteiger partial charge in [-0.05, 0) is 76.7 Å². The van der Waals surface area contributed by atoms with E-state index in [0.717, 1.165) is 22.6 Å². The van der Waals surface area contributed by atoms with Crippen LogP contribution in [-0.4, -0.2) is 11.7 Å². The smallest absolute Gasteiger partial charge is 0.122 e. The highest BCUT2D eigenvalue weighted by atomic mass is 35.5. The summed E-state index contributed by atoms with van der Waals surface area (Å²) in [5.74, 6) is 1.52. The molecule has 0 heterocycles. The van der Waals surface area contributed by atoms with E-state index in [9.17, 15) is 0 Å². The van der Waals surface area contributed by atoms with Crippen LogP contribution >= 0.6 is 24.8 Å². The number of hydrogen-bond acceptors (Lipinski definition) is 4. The Morgan fingerprint density at radius 2 is 1.03 bits per heavy atom. The van der Waals surface area contributed by atoms with Crippen molar-refractivity contribution in [3.63, 3.8) is 0 Å². The standard InChI is InChI=1S/C26H30N4O2.2ClH/c1-26(2,3)21-13-17(15-31-22-8-4-19(5-9-22)24(27)28)12-18(14-21)16-32-23-10-6-20(7-11-23)25(29)30;;/h4-14H,15-16H2,1-3H3,(H3,27,28)(H3,29,30);2*1H. The Hall–Kier alpha value is -3.22. The van der Waals surface area contributed by atoms with Gasteiger partial charge in [-0.3, -0.25) is 10.8 Å². The molecule has 3 aromatic rings. The van der Waals surface area contributed by atoms with E-state index in [4.69, 9.17) is 31.8 Å². The van der Waals surface area contributed by atoms with E-state index in [1.807, 2.05) is 24.3 Å². The Balaban J connectivity index is 0.00000289. The van der Waals surface area contributed by atoms with Gasteiger partial charge in [-0.2, -0.15) is 0 Å². The van der Waals surface area contributed by atoms with E-state index < -0.39 is 0 Å². The largest absolute Gasteiger partial charge is 0.489 e. The minimum atomic E-state index is -0.0168. The lowest BCUT2D eigenvalue weighted by atomic mass is 9.85. The van der Waals surface area contributed by atoms with Gasteiger partial charge in [0.2, 0.25) is 0 Å². The summed E-state index contributed by atoms with van der Waals surface area (Å²) < 4.78 is 11.9. The number of halogens is 2. The van der Waals surface area contributed by atoms with Crippen LogP contribution < -0.4 is 20.9 Å². The predicted molar refractivity (Wildman–Crippen MR) is 143 cm³/mol. The molecule has 182 valence electrons. The van der Waals surface area contributed by atoms with Crippen LogP contribution in [0.2, 0.25) is 0 Å². The van der Waals surface area contributed by atoms with E-state index in [1.165, 1.54) is 5.56 Å². The molecule has 0 aliphatic carbocycles. The van der Waals surface area contributed by atoms with E-state index >= 15 is 0 Å². The first kappa shape index (κ1) is 28.8. The SMILES string of the molecule is CC(C)(C)c1cc(COc2ccc(C(=N)N)cc2)cc(COc2ccc(C(=N)N)cc2)c1.Cl.Cl. The second kappa shape index (κ2) is 12.3. The Kier molecular flexibility index (Phi) is 10.4.